The second-order valence-electron chi connectivity index (χ2n) is 23.2. The highest BCUT2D eigenvalue weighted by atomic mass is 16.7. The second-order valence-corrected chi connectivity index (χ2v) is 23.2. The molecule has 1 saturated heterocycles. The van der Waals surface area contributed by atoms with Gasteiger partial charge < -0.3 is 45.1 Å². The number of unbranched alkanes of at least 4 members (excludes halogenated alkanes) is 43. The van der Waals surface area contributed by atoms with Gasteiger partial charge in [-0.1, -0.05) is 309 Å². The first kappa shape index (κ1) is 72.4. The normalized spacial score (nSPS) is 19.1. The van der Waals surface area contributed by atoms with Crippen LogP contribution in [0.3, 0.4) is 0 Å². The number of carbonyl (C=O) groups excluding carboxylic acids is 2. The highest BCUT2D eigenvalue weighted by Gasteiger charge is 2.47. The van der Waals surface area contributed by atoms with E-state index in [2.05, 4.69) is 26.1 Å². The molecule has 11 heteroatoms. The first-order valence-electron chi connectivity index (χ1n) is 33.0. The van der Waals surface area contributed by atoms with Crippen molar-refractivity contribution < 1.29 is 49.3 Å². The van der Waals surface area contributed by atoms with Gasteiger partial charge in [-0.15, -0.1) is 0 Å². The van der Waals surface area contributed by atoms with Crippen molar-refractivity contribution in [3.63, 3.8) is 0 Å². The number of hydrogen-bond acceptors (Lipinski definition) is 10. The number of esters is 1. The van der Waals surface area contributed by atoms with Gasteiger partial charge in [0.2, 0.25) is 5.91 Å². The van der Waals surface area contributed by atoms with Gasteiger partial charge in [0.25, 0.3) is 0 Å². The average Bonchev–Trinajstić information content (AvgIpc) is 3.42. The second kappa shape index (κ2) is 54.0. The summed E-state index contributed by atoms with van der Waals surface area (Å²) in [7, 11) is 0. The summed E-state index contributed by atoms with van der Waals surface area (Å²) in [5.41, 5.74) is 0. The molecule has 1 heterocycles. The Balaban J connectivity index is 2.63. The van der Waals surface area contributed by atoms with E-state index in [0.29, 0.717) is 19.3 Å². The van der Waals surface area contributed by atoms with E-state index in [0.717, 1.165) is 57.8 Å². The van der Waals surface area contributed by atoms with Gasteiger partial charge in [0.15, 0.2) is 12.4 Å². The molecule has 0 saturated carbocycles. The summed E-state index contributed by atoms with van der Waals surface area (Å²) in [5.74, 6) is -1.17. The molecule has 0 aromatic heterocycles. The fraction of sp³-hybridized carbons (Fsp3) is 0.938. The van der Waals surface area contributed by atoms with E-state index in [1.807, 2.05) is 6.08 Å². The molecule has 0 aliphatic carbocycles. The molecule has 1 rings (SSSR count). The summed E-state index contributed by atoms with van der Waals surface area (Å²) in [4.78, 5) is 26.6. The third-order valence-corrected chi connectivity index (χ3v) is 15.9. The molecule has 0 spiro atoms. The van der Waals surface area contributed by atoms with E-state index in [1.54, 1.807) is 6.08 Å². The first-order chi connectivity index (χ1) is 37.2. The third-order valence-electron chi connectivity index (χ3n) is 15.9. The van der Waals surface area contributed by atoms with Gasteiger partial charge >= 0.3 is 5.97 Å². The van der Waals surface area contributed by atoms with Gasteiger partial charge in [-0.25, -0.2) is 0 Å². The lowest BCUT2D eigenvalue weighted by molar-refractivity contribution is -0.305. The number of aliphatic hydroxyl groups is 5. The summed E-state index contributed by atoms with van der Waals surface area (Å²) in [5, 5.41) is 57.1. The Morgan fingerprint density at radius 3 is 1.24 bits per heavy atom. The average molecular weight is 1080 g/mol. The quantitative estimate of drug-likeness (QED) is 0.0195. The zero-order chi connectivity index (χ0) is 55.4. The van der Waals surface area contributed by atoms with Gasteiger partial charge in [-0.05, 0) is 25.7 Å². The van der Waals surface area contributed by atoms with Crippen LogP contribution in [0.15, 0.2) is 12.2 Å². The van der Waals surface area contributed by atoms with E-state index in [9.17, 15) is 35.1 Å². The van der Waals surface area contributed by atoms with Crippen molar-refractivity contribution in [2.45, 2.75) is 378 Å². The van der Waals surface area contributed by atoms with Crippen molar-refractivity contribution in [1.29, 1.82) is 0 Å². The molecule has 76 heavy (non-hydrogen) atoms. The van der Waals surface area contributed by atoms with E-state index < -0.39 is 67.4 Å². The molecule has 1 fully saturated rings. The Labute approximate surface area is 468 Å². The molecule has 8 atom stereocenters. The Hall–Kier alpha value is -1.60. The zero-order valence-corrected chi connectivity index (χ0v) is 49.9. The Kier molecular flexibility index (Phi) is 51.5. The van der Waals surface area contributed by atoms with Crippen LogP contribution in [0.5, 0.6) is 0 Å². The number of allylic oxidation sites excluding steroid dienone is 1. The van der Waals surface area contributed by atoms with E-state index in [-0.39, 0.29) is 13.0 Å². The molecule has 1 amide bonds. The minimum absolute atomic E-state index is 0.132. The van der Waals surface area contributed by atoms with E-state index in [4.69, 9.17) is 14.2 Å². The number of amides is 1. The topological polar surface area (TPSA) is 175 Å². The van der Waals surface area contributed by atoms with Crippen LogP contribution in [-0.2, 0) is 23.8 Å². The number of carbonyl (C=O) groups is 2. The SMILES string of the molecule is CCCCCCCCCCCC/C=C/C(O)C(COC1OC(CO)C(O)C(O)C1OC(=O)CCCCCCCCCCCCCCCCCCC)NC(=O)C(O)CCCCCCCCCCCCCCCCCCCC. The summed E-state index contributed by atoms with van der Waals surface area (Å²) in [6.45, 7) is 5.84. The molecule has 450 valence electrons. The maximum Gasteiger partial charge on any atom is 0.306 e. The molecule has 8 unspecified atom stereocenters. The number of hydrogen-bond donors (Lipinski definition) is 6. The van der Waals surface area contributed by atoms with E-state index in [1.165, 1.54) is 225 Å². The number of ether oxygens (including phenoxy) is 3. The molecule has 6 N–H and O–H groups in total. The maximum atomic E-state index is 13.4. The largest absolute Gasteiger partial charge is 0.454 e. The Bertz CT molecular complexity index is 1290. The molecule has 1 aliphatic heterocycles. The van der Waals surface area contributed by atoms with Crippen molar-refractivity contribution >= 4 is 11.9 Å². The van der Waals surface area contributed by atoms with Crippen LogP contribution >= 0.6 is 0 Å². The zero-order valence-electron chi connectivity index (χ0n) is 49.9. The van der Waals surface area contributed by atoms with E-state index >= 15 is 0 Å². The Morgan fingerprint density at radius 1 is 0.500 bits per heavy atom. The van der Waals surface area contributed by atoms with Gasteiger partial charge in [0.05, 0.1) is 25.4 Å². The standard InChI is InChI=1S/C65H125NO10/c1-4-7-10-13-16-19-22-25-27-29-31-32-34-37-40-43-46-49-52-58(69)64(73)66-56(57(68)51-48-45-42-39-36-24-21-18-15-12-9-6-3)55-74-65-63(62(72)61(71)59(54-67)75-65)76-60(70)53-50-47-44-41-38-35-33-30-28-26-23-20-17-14-11-8-5-2/h48,51,56-59,61-63,65,67-69,71-72H,4-47,49-50,52-55H2,1-3H3,(H,66,73)/b51-48+. The van der Waals surface area contributed by atoms with Crippen LogP contribution in [0, 0.1) is 0 Å². The number of rotatable bonds is 57. The van der Waals surface area contributed by atoms with Crippen LogP contribution < -0.4 is 5.32 Å². The van der Waals surface area contributed by atoms with Gasteiger partial charge in [-0.3, -0.25) is 9.59 Å². The van der Waals surface area contributed by atoms with Crippen molar-refractivity contribution in [2.24, 2.45) is 0 Å². The third kappa shape index (κ3) is 41.4. The summed E-state index contributed by atoms with van der Waals surface area (Å²) < 4.78 is 17.7. The summed E-state index contributed by atoms with van der Waals surface area (Å²) in [6, 6.07) is -1.02. The van der Waals surface area contributed by atoms with Gasteiger partial charge in [0.1, 0.15) is 24.4 Å². The monoisotopic (exact) mass is 1080 g/mol. The lowest BCUT2D eigenvalue weighted by atomic mass is 9.99. The fourth-order valence-electron chi connectivity index (χ4n) is 10.7. The predicted molar refractivity (Wildman–Crippen MR) is 315 cm³/mol. The molecule has 0 aromatic carbocycles. The molecule has 0 radical (unpaired) electrons. The first-order valence-corrected chi connectivity index (χ1v) is 33.0. The molecular formula is C65H125NO10. The molecular weight excluding hydrogens is 955 g/mol. The lowest BCUT2D eigenvalue weighted by Crippen LogP contribution is -2.61. The van der Waals surface area contributed by atoms with Crippen LogP contribution in [0.25, 0.3) is 0 Å². The van der Waals surface area contributed by atoms with Crippen LogP contribution in [0.4, 0.5) is 0 Å². The smallest absolute Gasteiger partial charge is 0.306 e. The predicted octanol–water partition coefficient (Wildman–Crippen LogP) is 15.9. The molecule has 0 bridgehead atoms. The lowest BCUT2D eigenvalue weighted by Gasteiger charge is -2.41. The minimum atomic E-state index is -1.61. The summed E-state index contributed by atoms with van der Waals surface area (Å²) in [6.07, 6.45) is 51.1. The highest BCUT2D eigenvalue weighted by Crippen LogP contribution is 2.26. The van der Waals surface area contributed by atoms with Crippen LogP contribution in [-0.4, -0.2) is 99.6 Å². The van der Waals surface area contributed by atoms with Crippen molar-refractivity contribution in [1.82, 2.24) is 5.32 Å². The van der Waals surface area contributed by atoms with Crippen molar-refractivity contribution in [3.05, 3.63) is 12.2 Å². The summed E-state index contributed by atoms with van der Waals surface area (Å²) >= 11 is 0. The number of aliphatic hydroxyl groups excluding tert-OH is 5. The Morgan fingerprint density at radius 2 is 0.855 bits per heavy atom. The molecule has 0 aromatic rings. The fourth-order valence-corrected chi connectivity index (χ4v) is 10.7. The van der Waals surface area contributed by atoms with Crippen molar-refractivity contribution in [3.8, 4) is 0 Å². The molecule has 11 nitrogen and oxygen atoms in total. The van der Waals surface area contributed by atoms with Crippen molar-refractivity contribution in [2.75, 3.05) is 13.2 Å². The van der Waals surface area contributed by atoms with Gasteiger partial charge in [-0.2, -0.15) is 0 Å². The molecule has 1 aliphatic rings. The van der Waals surface area contributed by atoms with Crippen LogP contribution in [0.2, 0.25) is 0 Å². The number of nitrogens with one attached hydrogen (secondary N) is 1. The highest BCUT2D eigenvalue weighted by molar-refractivity contribution is 5.80. The van der Waals surface area contributed by atoms with Gasteiger partial charge in [0, 0.05) is 6.42 Å². The minimum Gasteiger partial charge on any atom is -0.454 e. The maximum absolute atomic E-state index is 13.4. The van der Waals surface area contributed by atoms with Crippen LogP contribution in [0.1, 0.15) is 329 Å².